The third-order valence-corrected chi connectivity index (χ3v) is 9.02. The first kappa shape index (κ1) is 38.4. The maximum atomic E-state index is 12.5. The lowest BCUT2D eigenvalue weighted by molar-refractivity contribution is -0.342. The number of carbonyl (C=O) groups is 1. The molecule has 1 aliphatic rings. The molecule has 1 fully saturated rings. The highest BCUT2D eigenvalue weighted by Gasteiger charge is 2.35. The Morgan fingerprint density at radius 1 is 0.610 bits per heavy atom. The largest absolute Gasteiger partial charge is 0.465 e. The van der Waals surface area contributed by atoms with Gasteiger partial charge >= 0.3 is 5.97 Å². The van der Waals surface area contributed by atoms with Crippen LogP contribution >= 0.6 is 0 Å². The van der Waals surface area contributed by atoms with Gasteiger partial charge in [-0.15, -0.1) is 0 Å². The maximum absolute atomic E-state index is 12.5. The predicted octanol–water partition coefficient (Wildman–Crippen LogP) is 10.6. The molecule has 1 aliphatic heterocycles. The normalized spacial score (nSPS) is 15.0. The lowest BCUT2D eigenvalue weighted by Crippen LogP contribution is -2.43. The number of ether oxygens (including phenoxy) is 1. The highest BCUT2D eigenvalue weighted by molar-refractivity contribution is 5.69. The van der Waals surface area contributed by atoms with Gasteiger partial charge in [0.2, 0.25) is 0 Å². The van der Waals surface area contributed by atoms with Crippen molar-refractivity contribution in [2.45, 2.75) is 194 Å². The number of piperidine rings is 1. The van der Waals surface area contributed by atoms with E-state index in [1.165, 1.54) is 122 Å². The summed E-state index contributed by atoms with van der Waals surface area (Å²) in [6.45, 7) is 9.66. The number of esters is 1. The van der Waals surface area contributed by atoms with Gasteiger partial charge in [0.05, 0.1) is 19.3 Å². The zero-order valence-corrected chi connectivity index (χ0v) is 27.9. The van der Waals surface area contributed by atoms with Crippen LogP contribution in [0.2, 0.25) is 0 Å². The van der Waals surface area contributed by atoms with Crippen molar-refractivity contribution in [2.75, 3.05) is 26.3 Å². The van der Waals surface area contributed by atoms with Crippen LogP contribution in [0.5, 0.6) is 0 Å². The Bertz CT molecular complexity index is 548. The van der Waals surface area contributed by atoms with Gasteiger partial charge < -0.3 is 10.1 Å². The molecule has 244 valence electrons. The first-order chi connectivity index (χ1) is 20.2. The van der Waals surface area contributed by atoms with Crippen LogP contribution in [0.4, 0.5) is 0 Å². The fourth-order valence-electron chi connectivity index (χ4n) is 5.97. The number of nitrogens with one attached hydrogen (secondary N) is 1. The summed E-state index contributed by atoms with van der Waals surface area (Å²) in [6, 6.07) is 0. The van der Waals surface area contributed by atoms with Crippen molar-refractivity contribution >= 4 is 5.97 Å². The van der Waals surface area contributed by atoms with E-state index in [1.807, 2.05) is 0 Å². The fraction of sp³-hybridized carbons (Fsp3) is 0.972. The Labute approximate surface area is 255 Å². The van der Waals surface area contributed by atoms with Crippen molar-refractivity contribution in [3.05, 3.63) is 0 Å². The molecule has 5 nitrogen and oxygen atoms in total. The molecule has 0 bridgehead atoms. The lowest BCUT2D eigenvalue weighted by Gasteiger charge is -2.36. The smallest absolute Gasteiger partial charge is 0.305 e. The van der Waals surface area contributed by atoms with E-state index in [1.54, 1.807) is 0 Å². The SMILES string of the molecule is CCCCCCCCCCCC(=O)OCC1(COOC(CCCCCCCC)CCCCCCCC)CCNCC1. The predicted molar refractivity (Wildman–Crippen MR) is 174 cm³/mol. The van der Waals surface area contributed by atoms with Gasteiger partial charge in [-0.3, -0.25) is 4.79 Å². The Morgan fingerprint density at radius 2 is 1.05 bits per heavy atom. The standard InChI is InChI=1S/C36H71NO4/c1-4-7-10-13-16-17-18-21-24-27-35(38)39-32-36(28-30-37-31-29-36)33-40-41-34(25-22-19-14-11-8-5-2)26-23-20-15-12-9-6-3/h34,37H,4-33H2,1-3H3. The average Bonchev–Trinajstić information content (AvgIpc) is 2.99. The van der Waals surface area contributed by atoms with Gasteiger partial charge in [-0.2, -0.15) is 0 Å². The van der Waals surface area contributed by atoms with Crippen LogP contribution in [0.3, 0.4) is 0 Å². The molecule has 0 aromatic carbocycles. The summed E-state index contributed by atoms with van der Waals surface area (Å²) in [7, 11) is 0. The molecule has 0 amide bonds. The molecule has 0 unspecified atom stereocenters. The summed E-state index contributed by atoms with van der Waals surface area (Å²) in [5.74, 6) is -0.0456. The van der Waals surface area contributed by atoms with Crippen molar-refractivity contribution in [3.63, 3.8) is 0 Å². The molecule has 1 rings (SSSR count). The third-order valence-electron chi connectivity index (χ3n) is 9.02. The van der Waals surface area contributed by atoms with Gasteiger partial charge in [-0.1, -0.05) is 149 Å². The van der Waals surface area contributed by atoms with Gasteiger partial charge in [-0.25, -0.2) is 9.78 Å². The van der Waals surface area contributed by atoms with Crippen LogP contribution in [0.1, 0.15) is 188 Å². The van der Waals surface area contributed by atoms with Gasteiger partial charge in [-0.05, 0) is 45.2 Å². The van der Waals surface area contributed by atoms with Crippen molar-refractivity contribution in [3.8, 4) is 0 Å². The Hall–Kier alpha value is -0.650. The van der Waals surface area contributed by atoms with E-state index in [0.717, 1.165) is 51.6 Å². The van der Waals surface area contributed by atoms with Crippen LogP contribution in [0.15, 0.2) is 0 Å². The first-order valence-corrected chi connectivity index (χ1v) is 18.3. The minimum absolute atomic E-state index is 0.0456. The van der Waals surface area contributed by atoms with Gasteiger partial charge in [0.25, 0.3) is 0 Å². The summed E-state index contributed by atoms with van der Waals surface area (Å²) in [5.41, 5.74) is -0.135. The molecule has 0 saturated carbocycles. The molecule has 1 saturated heterocycles. The lowest BCUT2D eigenvalue weighted by atomic mass is 9.80. The van der Waals surface area contributed by atoms with Crippen molar-refractivity contribution in [1.29, 1.82) is 0 Å². The van der Waals surface area contributed by atoms with Crippen molar-refractivity contribution < 1.29 is 19.3 Å². The molecule has 5 heteroatoms. The fourth-order valence-corrected chi connectivity index (χ4v) is 5.97. The van der Waals surface area contributed by atoms with Gasteiger partial charge in [0.1, 0.15) is 0 Å². The second kappa shape index (κ2) is 28.1. The number of rotatable bonds is 30. The third kappa shape index (κ3) is 22.5. The molecule has 41 heavy (non-hydrogen) atoms. The molecule has 0 aromatic rings. The van der Waals surface area contributed by atoms with E-state index in [0.29, 0.717) is 19.6 Å². The molecule has 0 aromatic heterocycles. The minimum Gasteiger partial charge on any atom is -0.465 e. The van der Waals surface area contributed by atoms with E-state index in [9.17, 15) is 4.79 Å². The van der Waals surface area contributed by atoms with E-state index >= 15 is 0 Å². The Morgan fingerprint density at radius 3 is 1.54 bits per heavy atom. The second-order valence-corrected chi connectivity index (χ2v) is 13.1. The molecule has 0 aliphatic carbocycles. The van der Waals surface area contributed by atoms with E-state index in [2.05, 4.69) is 26.1 Å². The Kier molecular flexibility index (Phi) is 26.3. The summed E-state index contributed by atoms with van der Waals surface area (Å²) in [6.07, 6.45) is 31.8. The summed E-state index contributed by atoms with van der Waals surface area (Å²) in [5, 5.41) is 3.46. The summed E-state index contributed by atoms with van der Waals surface area (Å²) < 4.78 is 5.84. The molecular formula is C36H71NO4. The molecule has 0 spiro atoms. The van der Waals surface area contributed by atoms with Crippen LogP contribution < -0.4 is 5.32 Å². The number of unbranched alkanes of at least 4 members (excludes halogenated alkanes) is 18. The van der Waals surface area contributed by atoms with Crippen LogP contribution in [-0.2, 0) is 19.3 Å². The van der Waals surface area contributed by atoms with Crippen LogP contribution in [-0.4, -0.2) is 38.4 Å². The van der Waals surface area contributed by atoms with E-state index in [4.69, 9.17) is 14.5 Å². The molecule has 1 N–H and O–H groups in total. The maximum Gasteiger partial charge on any atom is 0.305 e. The van der Waals surface area contributed by atoms with Crippen molar-refractivity contribution in [1.82, 2.24) is 5.32 Å². The zero-order valence-electron chi connectivity index (χ0n) is 27.9. The molecule has 0 radical (unpaired) electrons. The highest BCUT2D eigenvalue weighted by atomic mass is 17.2. The summed E-state index contributed by atoms with van der Waals surface area (Å²) in [4.78, 5) is 24.6. The number of carbonyl (C=O) groups excluding carboxylic acids is 1. The molecule has 1 heterocycles. The van der Waals surface area contributed by atoms with Crippen molar-refractivity contribution in [2.24, 2.45) is 5.41 Å². The Balaban J connectivity index is 2.37. The second-order valence-electron chi connectivity index (χ2n) is 13.1. The number of hydrogen-bond acceptors (Lipinski definition) is 5. The average molecular weight is 582 g/mol. The van der Waals surface area contributed by atoms with Crippen LogP contribution in [0, 0.1) is 5.41 Å². The topological polar surface area (TPSA) is 56.8 Å². The molecular weight excluding hydrogens is 510 g/mol. The van der Waals surface area contributed by atoms with E-state index in [-0.39, 0.29) is 17.5 Å². The minimum atomic E-state index is -0.135. The van der Waals surface area contributed by atoms with E-state index < -0.39 is 0 Å². The molecule has 0 atom stereocenters. The zero-order chi connectivity index (χ0) is 29.7. The number of hydrogen-bond donors (Lipinski definition) is 1. The van der Waals surface area contributed by atoms with Gasteiger partial charge in [0.15, 0.2) is 0 Å². The van der Waals surface area contributed by atoms with Crippen LogP contribution in [0.25, 0.3) is 0 Å². The monoisotopic (exact) mass is 582 g/mol. The quantitative estimate of drug-likeness (QED) is 0.0396. The van der Waals surface area contributed by atoms with Gasteiger partial charge in [0, 0.05) is 11.8 Å². The summed E-state index contributed by atoms with van der Waals surface area (Å²) >= 11 is 0. The highest BCUT2D eigenvalue weighted by Crippen LogP contribution is 2.31. The first-order valence-electron chi connectivity index (χ1n) is 18.3.